The molecule has 0 spiro atoms. The molecule has 10 heteroatoms. The maximum atomic E-state index is 13.2. The van der Waals surface area contributed by atoms with Gasteiger partial charge < -0.3 is 0 Å². The van der Waals surface area contributed by atoms with Crippen LogP contribution in [-0.4, -0.2) is 29.7 Å². The number of nitrogens with one attached hydrogen (secondary N) is 1. The van der Waals surface area contributed by atoms with E-state index in [1.165, 1.54) is 18.2 Å². The minimum atomic E-state index is -4.63. The quantitative estimate of drug-likeness (QED) is 0.517. The van der Waals surface area contributed by atoms with Gasteiger partial charge in [0, 0.05) is 17.2 Å². The number of rotatable bonds is 4. The Morgan fingerprint density at radius 3 is 2.42 bits per heavy atom. The van der Waals surface area contributed by atoms with Crippen LogP contribution in [0.2, 0.25) is 0 Å². The Kier molecular flexibility index (Phi) is 5.94. The first kappa shape index (κ1) is 20.6. The number of anilines is 1. The molecule has 0 bridgehead atoms. The lowest BCUT2D eigenvalue weighted by Crippen LogP contribution is -2.42. The molecule has 1 aromatic carbocycles. The van der Waals surface area contributed by atoms with Crippen LogP contribution in [0.5, 0.6) is 0 Å². The van der Waals surface area contributed by atoms with E-state index in [1.807, 2.05) is 0 Å². The first-order valence-electron chi connectivity index (χ1n) is 7.75. The number of hydrazone groups is 1. The Morgan fingerprint density at radius 2 is 1.88 bits per heavy atom. The molecular formula is C16H17F6N3S. The minimum absolute atomic E-state index is 0.125. The summed E-state index contributed by atoms with van der Waals surface area (Å²) in [5, 5.41) is 12.5. The maximum Gasteiger partial charge on any atom is 0.431 e. The van der Waals surface area contributed by atoms with Gasteiger partial charge in [0.15, 0.2) is 0 Å². The number of thioether (sulfide) groups is 1. The molecule has 1 N–H and O–H groups in total. The van der Waals surface area contributed by atoms with Crippen molar-refractivity contribution >= 4 is 29.0 Å². The summed E-state index contributed by atoms with van der Waals surface area (Å²) in [5.41, 5.74) is -0.263. The molecular weight excluding hydrogens is 380 g/mol. The third-order valence-electron chi connectivity index (χ3n) is 3.88. The fraction of sp³-hybridized carbons (Fsp3) is 0.500. The molecule has 0 aromatic heterocycles. The van der Waals surface area contributed by atoms with E-state index in [4.69, 9.17) is 5.41 Å². The topological polar surface area (TPSA) is 39.5 Å². The normalized spacial score (nSPS) is 18.9. The molecule has 144 valence electrons. The first-order chi connectivity index (χ1) is 11.9. The van der Waals surface area contributed by atoms with E-state index in [0.29, 0.717) is 17.3 Å². The van der Waals surface area contributed by atoms with Crippen LogP contribution in [0.3, 0.4) is 0 Å². The number of amidine groups is 1. The number of hydrogen-bond acceptors (Lipinski definition) is 3. The Bertz CT molecular complexity index is 711. The minimum Gasteiger partial charge on any atom is -0.287 e. The van der Waals surface area contributed by atoms with Crippen molar-refractivity contribution in [1.29, 1.82) is 5.41 Å². The van der Waals surface area contributed by atoms with Gasteiger partial charge in [0.1, 0.15) is 11.5 Å². The molecule has 1 unspecified atom stereocenters. The lowest BCUT2D eigenvalue weighted by atomic mass is 9.93. The summed E-state index contributed by atoms with van der Waals surface area (Å²) in [6.07, 6.45) is -8.93. The van der Waals surface area contributed by atoms with Crippen molar-refractivity contribution in [1.82, 2.24) is 0 Å². The van der Waals surface area contributed by atoms with Crippen molar-refractivity contribution in [3.63, 3.8) is 0 Å². The molecule has 0 saturated carbocycles. The molecule has 0 fully saturated rings. The molecule has 0 radical (unpaired) electrons. The molecule has 0 saturated heterocycles. The van der Waals surface area contributed by atoms with Gasteiger partial charge in [0.05, 0.1) is 11.4 Å². The standard InChI is InChI=1S/C16H17F6N3S/c1-3-10-6-13(23)25(24-14(10)16(20,21)22)11-5-4-9(2)12(7-11)26-8-15(17,18)19/h4-5,7,10,23H,3,6,8H2,1-2H3. The van der Waals surface area contributed by atoms with Crippen molar-refractivity contribution in [2.75, 3.05) is 10.8 Å². The number of hydrogen-bond donors (Lipinski definition) is 1. The van der Waals surface area contributed by atoms with Crippen molar-refractivity contribution in [3.8, 4) is 0 Å². The lowest BCUT2D eigenvalue weighted by molar-refractivity contribution is -0.105. The summed E-state index contributed by atoms with van der Waals surface area (Å²) in [7, 11) is 0. The summed E-state index contributed by atoms with van der Waals surface area (Å²) in [6, 6.07) is 4.30. The zero-order valence-electron chi connectivity index (χ0n) is 14.0. The molecule has 0 amide bonds. The van der Waals surface area contributed by atoms with E-state index >= 15 is 0 Å². The number of nitrogens with zero attached hydrogens (tertiary/aromatic N) is 2. The van der Waals surface area contributed by atoms with Crippen molar-refractivity contribution in [3.05, 3.63) is 23.8 Å². The van der Waals surface area contributed by atoms with Crippen LogP contribution in [-0.2, 0) is 0 Å². The zero-order chi connectivity index (χ0) is 19.7. The Morgan fingerprint density at radius 1 is 1.23 bits per heavy atom. The predicted octanol–water partition coefficient (Wildman–Crippen LogP) is 5.78. The summed E-state index contributed by atoms with van der Waals surface area (Å²) in [4.78, 5) is 0.286. The molecule has 2 rings (SSSR count). The summed E-state index contributed by atoms with van der Waals surface area (Å²) >= 11 is 0.552. The molecule has 0 aliphatic carbocycles. The van der Waals surface area contributed by atoms with Crippen LogP contribution in [0.15, 0.2) is 28.2 Å². The highest BCUT2D eigenvalue weighted by Gasteiger charge is 2.44. The second-order valence-corrected chi connectivity index (χ2v) is 6.92. The van der Waals surface area contributed by atoms with Crippen molar-refractivity contribution in [2.24, 2.45) is 11.0 Å². The van der Waals surface area contributed by atoms with Gasteiger partial charge in [-0.1, -0.05) is 13.0 Å². The van der Waals surface area contributed by atoms with Crippen molar-refractivity contribution < 1.29 is 26.3 Å². The van der Waals surface area contributed by atoms with Crippen LogP contribution in [0.4, 0.5) is 32.0 Å². The Labute approximate surface area is 151 Å². The second kappa shape index (κ2) is 7.50. The molecule has 3 nitrogen and oxygen atoms in total. The highest BCUT2D eigenvalue weighted by atomic mass is 32.2. The van der Waals surface area contributed by atoms with Gasteiger partial charge in [0.25, 0.3) is 0 Å². The van der Waals surface area contributed by atoms with E-state index in [1.54, 1.807) is 13.8 Å². The van der Waals surface area contributed by atoms with Gasteiger partial charge in [-0.3, -0.25) is 5.41 Å². The maximum absolute atomic E-state index is 13.2. The van der Waals surface area contributed by atoms with Gasteiger partial charge in [-0.05, 0) is 31.0 Å². The van der Waals surface area contributed by atoms with E-state index in [2.05, 4.69) is 5.10 Å². The lowest BCUT2D eigenvalue weighted by Gasteiger charge is -2.31. The number of aryl methyl sites for hydroxylation is 1. The summed E-state index contributed by atoms with van der Waals surface area (Å²) in [6.45, 7) is 3.20. The third kappa shape index (κ3) is 4.93. The monoisotopic (exact) mass is 397 g/mol. The largest absolute Gasteiger partial charge is 0.431 e. The van der Waals surface area contributed by atoms with Crippen molar-refractivity contribution in [2.45, 2.75) is 43.9 Å². The predicted molar refractivity (Wildman–Crippen MR) is 90.1 cm³/mol. The van der Waals surface area contributed by atoms with Gasteiger partial charge >= 0.3 is 12.4 Å². The molecule has 1 atom stereocenters. The molecule has 1 heterocycles. The molecule has 1 aliphatic rings. The third-order valence-corrected chi connectivity index (χ3v) is 5.10. The Hall–Kier alpha value is -1.71. The SMILES string of the molecule is CCC1CC(=N)N(c2ccc(C)c(SCC(F)(F)F)c2)N=C1C(F)(F)F. The van der Waals surface area contributed by atoms with Gasteiger partial charge in [-0.2, -0.15) is 31.4 Å². The average molecular weight is 397 g/mol. The highest BCUT2D eigenvalue weighted by Crippen LogP contribution is 2.35. The van der Waals surface area contributed by atoms with Crippen LogP contribution in [0, 0.1) is 18.3 Å². The smallest absolute Gasteiger partial charge is 0.287 e. The first-order valence-corrected chi connectivity index (χ1v) is 8.74. The summed E-state index contributed by atoms with van der Waals surface area (Å²) < 4.78 is 77.0. The number of halogens is 6. The molecule has 1 aliphatic heterocycles. The van der Waals surface area contributed by atoms with Gasteiger partial charge in [-0.15, -0.1) is 11.8 Å². The van der Waals surface area contributed by atoms with E-state index in [9.17, 15) is 26.3 Å². The fourth-order valence-electron chi connectivity index (χ4n) is 2.54. The van der Waals surface area contributed by atoms with Crippen LogP contribution in [0.1, 0.15) is 25.3 Å². The number of benzene rings is 1. The van der Waals surface area contributed by atoms with Crippen LogP contribution >= 0.6 is 11.8 Å². The molecule has 26 heavy (non-hydrogen) atoms. The van der Waals surface area contributed by atoms with Crippen LogP contribution in [0.25, 0.3) is 0 Å². The molecule has 1 aromatic rings. The highest BCUT2D eigenvalue weighted by molar-refractivity contribution is 7.99. The van der Waals surface area contributed by atoms with E-state index in [-0.39, 0.29) is 29.3 Å². The zero-order valence-corrected chi connectivity index (χ0v) is 14.8. The van der Waals surface area contributed by atoms with Gasteiger partial charge in [-0.25, -0.2) is 5.01 Å². The van der Waals surface area contributed by atoms with Crippen LogP contribution < -0.4 is 5.01 Å². The second-order valence-electron chi connectivity index (χ2n) is 5.90. The number of alkyl halides is 6. The van der Waals surface area contributed by atoms with E-state index < -0.39 is 29.7 Å². The van der Waals surface area contributed by atoms with Gasteiger partial charge in [0.2, 0.25) is 0 Å². The fourth-order valence-corrected chi connectivity index (χ4v) is 3.36. The Balaban J connectivity index is 2.38. The van der Waals surface area contributed by atoms with E-state index in [0.717, 1.165) is 5.01 Å². The summed E-state index contributed by atoms with van der Waals surface area (Å²) in [5.74, 6) is -2.13. The average Bonchev–Trinajstić information content (AvgIpc) is 2.52.